The van der Waals surface area contributed by atoms with E-state index in [2.05, 4.69) is 31.5 Å². The summed E-state index contributed by atoms with van der Waals surface area (Å²) in [6.07, 6.45) is 10.8. The molecule has 5 heterocycles. The molecule has 6 rings (SSSR count). The van der Waals surface area contributed by atoms with Crippen molar-refractivity contribution in [2.75, 3.05) is 26.3 Å². The minimum Gasteiger partial charge on any atom is -0.482 e. The molecule has 202 valence electrons. The molecule has 3 fully saturated rings. The Bertz CT molecular complexity index is 1440. The minimum atomic E-state index is -0.400. The monoisotopic (exact) mass is 527 g/mol. The molecular weight excluding hydrogens is 494 g/mol. The van der Waals surface area contributed by atoms with E-state index in [9.17, 15) is 5.26 Å². The molecule has 2 saturated heterocycles. The van der Waals surface area contributed by atoms with E-state index in [4.69, 9.17) is 20.0 Å². The summed E-state index contributed by atoms with van der Waals surface area (Å²) in [7, 11) is 0. The molecule has 1 atom stereocenters. The van der Waals surface area contributed by atoms with Gasteiger partial charge in [0, 0.05) is 48.7 Å². The number of nitrogens with one attached hydrogen (secondary N) is 2. The minimum absolute atomic E-state index is 0.311. The van der Waals surface area contributed by atoms with Crippen LogP contribution in [0.25, 0.3) is 11.2 Å². The van der Waals surface area contributed by atoms with Crippen molar-refractivity contribution < 1.29 is 9.47 Å². The van der Waals surface area contributed by atoms with E-state index >= 15 is 0 Å². The Balaban J connectivity index is 1.26. The number of ether oxygens (including phenoxy) is 2. The van der Waals surface area contributed by atoms with Gasteiger partial charge in [0.2, 0.25) is 0 Å². The van der Waals surface area contributed by atoms with Crippen LogP contribution in [-0.2, 0) is 4.74 Å². The molecule has 2 N–H and O–H groups in total. The molecule has 3 aliphatic rings. The number of allylic oxidation sites excluding steroid dienone is 1. The van der Waals surface area contributed by atoms with Crippen molar-refractivity contribution in [1.29, 1.82) is 10.8 Å². The van der Waals surface area contributed by atoms with Crippen molar-refractivity contribution in [1.82, 2.24) is 29.8 Å². The molecule has 0 bridgehead atoms. The van der Waals surface area contributed by atoms with E-state index in [1.54, 1.807) is 16.9 Å². The molecule has 11 nitrogen and oxygen atoms in total. The number of nitriles is 1. The molecule has 0 radical (unpaired) electrons. The molecule has 0 aromatic carbocycles. The van der Waals surface area contributed by atoms with Gasteiger partial charge in [-0.1, -0.05) is 0 Å². The maximum absolute atomic E-state index is 9.71. The second-order valence-electron chi connectivity index (χ2n) is 10.7. The van der Waals surface area contributed by atoms with Gasteiger partial charge in [-0.05, 0) is 45.6 Å². The van der Waals surface area contributed by atoms with Crippen molar-refractivity contribution in [2.45, 2.75) is 63.6 Å². The van der Waals surface area contributed by atoms with E-state index in [0.717, 1.165) is 69.1 Å². The van der Waals surface area contributed by atoms with Gasteiger partial charge in [0.15, 0.2) is 0 Å². The second kappa shape index (κ2) is 10.7. The maximum atomic E-state index is 9.71. The van der Waals surface area contributed by atoms with Gasteiger partial charge in [0.05, 0.1) is 43.0 Å². The molecule has 0 spiro atoms. The zero-order valence-electron chi connectivity index (χ0n) is 22.3. The van der Waals surface area contributed by atoms with Crippen LogP contribution in [0, 0.1) is 16.9 Å². The molecular formula is C28H33N9O2. The van der Waals surface area contributed by atoms with Crippen LogP contribution < -0.4 is 10.1 Å². The first-order chi connectivity index (χ1) is 19.0. The third kappa shape index (κ3) is 5.22. The third-order valence-corrected chi connectivity index (χ3v) is 7.91. The lowest BCUT2D eigenvalue weighted by Crippen LogP contribution is -2.53. The lowest BCUT2D eigenvalue weighted by atomic mass is 10.0. The van der Waals surface area contributed by atoms with Crippen molar-refractivity contribution in [2.24, 2.45) is 5.11 Å². The Labute approximate surface area is 227 Å². The van der Waals surface area contributed by atoms with Crippen LogP contribution in [0.1, 0.15) is 74.1 Å². The topological polar surface area (TPSA) is 137 Å². The molecule has 1 aliphatic carbocycles. The molecule has 2 aliphatic heterocycles. The molecule has 3 aromatic rings. The van der Waals surface area contributed by atoms with E-state index in [-0.39, 0.29) is 0 Å². The van der Waals surface area contributed by atoms with Crippen molar-refractivity contribution in [3.05, 3.63) is 59.1 Å². The first-order valence-corrected chi connectivity index (χ1v) is 13.6. The number of piperidine rings is 1. The Morgan fingerprint density at radius 2 is 2.03 bits per heavy atom. The predicted molar refractivity (Wildman–Crippen MR) is 143 cm³/mol. The van der Waals surface area contributed by atoms with E-state index in [1.165, 1.54) is 6.20 Å². The van der Waals surface area contributed by atoms with Crippen LogP contribution in [0.3, 0.4) is 0 Å². The van der Waals surface area contributed by atoms with Gasteiger partial charge in [-0.3, -0.25) is 14.9 Å². The summed E-state index contributed by atoms with van der Waals surface area (Å²) in [5.74, 6) is 0.971. The number of nitrogens with zero attached hydrogens (tertiary/aromatic N) is 7. The van der Waals surface area contributed by atoms with Gasteiger partial charge in [-0.15, -0.1) is 0 Å². The Hall–Kier alpha value is -3.88. The fourth-order valence-electron chi connectivity index (χ4n) is 5.39. The molecule has 3 aromatic heterocycles. The Kier molecular flexibility index (Phi) is 6.97. The fraction of sp³-hybridized carbons (Fsp3) is 0.500. The van der Waals surface area contributed by atoms with Gasteiger partial charge >= 0.3 is 0 Å². The summed E-state index contributed by atoms with van der Waals surface area (Å²) in [5.41, 5.74) is 12.7. The molecule has 11 heteroatoms. The molecule has 1 unspecified atom stereocenters. The highest BCUT2D eigenvalue weighted by atomic mass is 16.5. The molecule has 39 heavy (non-hydrogen) atoms. The average Bonchev–Trinajstić information content (AvgIpc) is 3.69. The number of rotatable bonds is 9. The van der Waals surface area contributed by atoms with Crippen molar-refractivity contribution in [3.63, 3.8) is 0 Å². The quantitative estimate of drug-likeness (QED) is 0.395. The summed E-state index contributed by atoms with van der Waals surface area (Å²) in [6, 6.07) is 4.91. The third-order valence-electron chi connectivity index (χ3n) is 7.91. The summed E-state index contributed by atoms with van der Waals surface area (Å²) < 4.78 is 13.4. The number of aromatic nitrogens is 4. The summed E-state index contributed by atoms with van der Waals surface area (Å²) in [6.45, 7) is 7.61. The van der Waals surface area contributed by atoms with E-state index < -0.39 is 6.10 Å². The Morgan fingerprint density at radius 1 is 1.23 bits per heavy atom. The highest BCUT2D eigenvalue weighted by Crippen LogP contribution is 2.39. The lowest BCUT2D eigenvalue weighted by Gasteiger charge is -2.41. The second-order valence-corrected chi connectivity index (χ2v) is 10.7. The standard InChI is InChI=1S/C28H33N9O2/c1-17(33-22-5-7-36(8-6-22)23-15-38-16-23)27(35-30)20-9-26(28-21(10-29)11-32-37(28)14-20)39-18(2)24-12-31-13-25(34-24)19-3-4-19/h9,11-14,18-19,22-23,30,33H,3-8,15-16H2,1-2H3/b27-17-,35-30?. The van der Waals surface area contributed by atoms with Crippen molar-refractivity contribution in [3.8, 4) is 11.8 Å². The van der Waals surface area contributed by atoms with Crippen LogP contribution in [0.4, 0.5) is 0 Å². The number of hydrogen-bond acceptors (Lipinski definition) is 10. The van der Waals surface area contributed by atoms with Crippen LogP contribution >= 0.6 is 0 Å². The number of fused-ring (bicyclic) bond motifs is 1. The average molecular weight is 528 g/mol. The highest BCUT2D eigenvalue weighted by molar-refractivity contribution is 5.75. The van der Waals surface area contributed by atoms with E-state index in [1.807, 2.05) is 26.1 Å². The Morgan fingerprint density at radius 3 is 2.69 bits per heavy atom. The zero-order chi connectivity index (χ0) is 26.9. The van der Waals surface area contributed by atoms with Gasteiger partial charge < -0.3 is 14.8 Å². The first kappa shape index (κ1) is 25.4. The fourth-order valence-corrected chi connectivity index (χ4v) is 5.39. The lowest BCUT2D eigenvalue weighted by molar-refractivity contribution is -0.0716. The maximum Gasteiger partial charge on any atom is 0.148 e. The smallest absolute Gasteiger partial charge is 0.148 e. The number of hydrogen-bond donors (Lipinski definition) is 2. The number of pyridine rings is 1. The van der Waals surface area contributed by atoms with Gasteiger partial charge in [0.1, 0.15) is 34.7 Å². The number of likely N-dealkylation sites (tertiary alicyclic amines) is 1. The summed E-state index contributed by atoms with van der Waals surface area (Å²) in [5, 5.41) is 21.6. The van der Waals surface area contributed by atoms with Gasteiger partial charge in [-0.2, -0.15) is 15.5 Å². The highest BCUT2D eigenvalue weighted by Gasteiger charge is 2.30. The van der Waals surface area contributed by atoms with Crippen molar-refractivity contribution >= 4 is 11.2 Å². The normalized spacial score (nSPS) is 20.1. The first-order valence-electron chi connectivity index (χ1n) is 13.6. The summed E-state index contributed by atoms with van der Waals surface area (Å²) >= 11 is 0. The van der Waals surface area contributed by atoms with E-state index in [0.29, 0.717) is 46.1 Å². The largest absolute Gasteiger partial charge is 0.482 e. The van der Waals surface area contributed by atoms with Gasteiger partial charge in [-0.25, -0.2) is 10.0 Å². The van der Waals surface area contributed by atoms with Crippen LogP contribution in [0.15, 0.2) is 41.7 Å². The molecule has 1 saturated carbocycles. The summed E-state index contributed by atoms with van der Waals surface area (Å²) in [4.78, 5) is 11.7. The van der Waals surface area contributed by atoms with Crippen LogP contribution in [0.2, 0.25) is 0 Å². The SMILES string of the molecule is C/C(NC1CCN(C2COC2)CC1)=C(/N=N)c1cc(OC(C)c2cncc(C3CC3)n2)c2c(C#N)cnn2c1. The van der Waals surface area contributed by atoms with Crippen LogP contribution in [0.5, 0.6) is 5.75 Å². The predicted octanol–water partition coefficient (Wildman–Crippen LogP) is 4.19. The molecule has 0 amide bonds. The zero-order valence-corrected chi connectivity index (χ0v) is 22.3. The van der Waals surface area contributed by atoms with Crippen LogP contribution in [-0.4, -0.2) is 62.9 Å². The van der Waals surface area contributed by atoms with Gasteiger partial charge in [0.25, 0.3) is 0 Å².